The van der Waals surface area contributed by atoms with Gasteiger partial charge in [-0.2, -0.15) is 5.10 Å². The second-order valence-corrected chi connectivity index (χ2v) is 6.32. The largest absolute Gasteiger partial charge is 0.312 e. The second kappa shape index (κ2) is 7.69. The lowest BCUT2D eigenvalue weighted by Crippen LogP contribution is -2.28. The maximum atomic E-state index is 12.5. The number of fused-ring (bicyclic) bond motifs is 1. The van der Waals surface area contributed by atoms with E-state index in [1.54, 1.807) is 11.0 Å². The van der Waals surface area contributed by atoms with E-state index in [-0.39, 0.29) is 18.4 Å². The number of halogens is 2. The van der Waals surface area contributed by atoms with Crippen LogP contribution < -0.4 is 9.80 Å². The fraction of sp³-hybridized carbons (Fsp3) is 0.316. The van der Waals surface area contributed by atoms with Crippen LogP contribution in [0.15, 0.2) is 43.2 Å². The van der Waals surface area contributed by atoms with Crippen molar-refractivity contribution in [1.29, 1.82) is 0 Å². The van der Waals surface area contributed by atoms with Gasteiger partial charge in [0.1, 0.15) is 6.54 Å². The zero-order valence-corrected chi connectivity index (χ0v) is 14.9. The number of rotatable bonds is 6. The van der Waals surface area contributed by atoms with E-state index >= 15 is 0 Å². The maximum absolute atomic E-state index is 12.5. The summed E-state index contributed by atoms with van der Waals surface area (Å²) in [6.45, 7) is 5.37. The first-order chi connectivity index (χ1) is 12.9. The first kappa shape index (κ1) is 18.8. The fourth-order valence-electron chi connectivity index (χ4n) is 3.20. The number of benzene rings is 1. The number of aromatic nitrogens is 2. The minimum absolute atomic E-state index is 0.0213. The van der Waals surface area contributed by atoms with Gasteiger partial charge in [0.15, 0.2) is 0 Å². The third-order valence-corrected chi connectivity index (χ3v) is 4.44. The molecule has 1 aliphatic rings. The number of nitrogens with zero attached hydrogens (tertiary/aromatic N) is 4. The zero-order valence-electron chi connectivity index (χ0n) is 14.9. The quantitative estimate of drug-likeness (QED) is 0.731. The molecule has 1 aromatic carbocycles. The summed E-state index contributed by atoms with van der Waals surface area (Å²) >= 11 is 0. The van der Waals surface area contributed by atoms with Crippen molar-refractivity contribution in [1.82, 2.24) is 9.78 Å². The molecule has 27 heavy (non-hydrogen) atoms. The van der Waals surface area contributed by atoms with E-state index in [0.717, 1.165) is 15.9 Å². The summed E-state index contributed by atoms with van der Waals surface area (Å²) in [5, 5.41) is 3.90. The van der Waals surface area contributed by atoms with Crippen molar-refractivity contribution in [2.75, 3.05) is 16.3 Å². The van der Waals surface area contributed by atoms with E-state index in [0.29, 0.717) is 24.2 Å². The Kier molecular flexibility index (Phi) is 5.34. The van der Waals surface area contributed by atoms with Gasteiger partial charge in [0.2, 0.25) is 5.91 Å². The van der Waals surface area contributed by atoms with Gasteiger partial charge >= 0.3 is 0 Å². The van der Waals surface area contributed by atoms with Crippen LogP contribution in [0.2, 0.25) is 0 Å². The summed E-state index contributed by atoms with van der Waals surface area (Å²) in [4.78, 5) is 27.3. The van der Waals surface area contributed by atoms with Gasteiger partial charge in [0, 0.05) is 36.6 Å². The van der Waals surface area contributed by atoms with Crippen LogP contribution in [-0.2, 0) is 29.1 Å². The fourth-order valence-corrected chi connectivity index (χ4v) is 3.20. The highest BCUT2D eigenvalue weighted by molar-refractivity contribution is 6.01. The van der Waals surface area contributed by atoms with Crippen molar-refractivity contribution in [2.24, 2.45) is 0 Å². The van der Waals surface area contributed by atoms with Crippen LogP contribution in [-0.4, -0.2) is 34.6 Å². The molecule has 0 spiro atoms. The molecule has 6 nitrogen and oxygen atoms in total. The Morgan fingerprint density at radius 3 is 2.85 bits per heavy atom. The van der Waals surface area contributed by atoms with Crippen molar-refractivity contribution >= 4 is 23.2 Å². The van der Waals surface area contributed by atoms with Gasteiger partial charge in [0.05, 0.1) is 12.7 Å². The van der Waals surface area contributed by atoms with E-state index in [1.807, 2.05) is 12.1 Å². The molecular weight excluding hydrogens is 354 g/mol. The highest BCUT2D eigenvalue weighted by Crippen LogP contribution is 2.32. The molecule has 0 N–H and O–H groups in total. The van der Waals surface area contributed by atoms with Crippen molar-refractivity contribution < 1.29 is 18.4 Å². The standard InChI is InChI=1S/C19H20F2N4O2/c1-3-19(27)25(11-14-9-22-23(10-14)12-18(20)21)16-4-5-17-15(8-16)6-7-24(17)13(2)26/h3-5,8-10,18H,1,6-7,11-12H2,2H3. The van der Waals surface area contributed by atoms with Crippen molar-refractivity contribution in [3.63, 3.8) is 0 Å². The lowest BCUT2D eigenvalue weighted by atomic mass is 10.1. The van der Waals surface area contributed by atoms with Gasteiger partial charge in [-0.05, 0) is 36.3 Å². The first-order valence-corrected chi connectivity index (χ1v) is 8.53. The monoisotopic (exact) mass is 374 g/mol. The molecule has 0 bridgehead atoms. The molecule has 0 saturated carbocycles. The SMILES string of the molecule is C=CC(=O)N(Cc1cnn(CC(F)F)c1)c1ccc2c(c1)CCN2C(C)=O. The molecule has 0 radical (unpaired) electrons. The Morgan fingerprint density at radius 1 is 1.41 bits per heavy atom. The number of amides is 2. The summed E-state index contributed by atoms with van der Waals surface area (Å²) in [6.07, 6.45) is 2.39. The van der Waals surface area contributed by atoms with Gasteiger partial charge in [-0.15, -0.1) is 0 Å². The third-order valence-electron chi connectivity index (χ3n) is 4.44. The average Bonchev–Trinajstić information content (AvgIpc) is 3.24. The summed E-state index contributed by atoms with van der Waals surface area (Å²) in [5.41, 5.74) is 3.13. The Morgan fingerprint density at radius 2 is 2.19 bits per heavy atom. The molecule has 0 aliphatic carbocycles. The molecule has 0 saturated heterocycles. The lowest BCUT2D eigenvalue weighted by Gasteiger charge is -2.22. The zero-order chi connectivity index (χ0) is 19.6. The predicted octanol–water partition coefficient (Wildman–Crippen LogP) is 2.78. The maximum Gasteiger partial charge on any atom is 0.257 e. The Labute approximate surface area is 155 Å². The van der Waals surface area contributed by atoms with E-state index < -0.39 is 13.0 Å². The smallest absolute Gasteiger partial charge is 0.257 e. The molecule has 142 valence electrons. The number of hydrogen-bond acceptors (Lipinski definition) is 3. The van der Waals surface area contributed by atoms with Crippen LogP contribution in [0.5, 0.6) is 0 Å². The number of anilines is 2. The van der Waals surface area contributed by atoms with Crippen molar-refractivity contribution in [3.05, 3.63) is 54.4 Å². The van der Waals surface area contributed by atoms with E-state index in [4.69, 9.17) is 0 Å². The average molecular weight is 374 g/mol. The van der Waals surface area contributed by atoms with Gasteiger partial charge in [-0.1, -0.05) is 6.58 Å². The molecule has 1 aromatic heterocycles. The molecule has 2 heterocycles. The predicted molar refractivity (Wildman–Crippen MR) is 97.8 cm³/mol. The minimum atomic E-state index is -2.50. The van der Waals surface area contributed by atoms with Crippen molar-refractivity contribution in [2.45, 2.75) is 32.9 Å². The van der Waals surface area contributed by atoms with Gasteiger partial charge in [-0.3, -0.25) is 14.3 Å². The molecule has 3 rings (SSSR count). The van der Waals surface area contributed by atoms with E-state index in [1.165, 1.54) is 30.3 Å². The number of alkyl halides is 2. The van der Waals surface area contributed by atoms with Crippen molar-refractivity contribution in [3.8, 4) is 0 Å². The summed E-state index contributed by atoms with van der Waals surface area (Å²) < 4.78 is 26.1. The summed E-state index contributed by atoms with van der Waals surface area (Å²) in [5.74, 6) is -0.329. The minimum Gasteiger partial charge on any atom is -0.312 e. The first-order valence-electron chi connectivity index (χ1n) is 8.53. The summed E-state index contributed by atoms with van der Waals surface area (Å²) in [6, 6.07) is 5.47. The number of carbonyl (C=O) groups excluding carboxylic acids is 2. The van der Waals surface area contributed by atoms with Gasteiger partial charge in [0.25, 0.3) is 12.3 Å². The Balaban J connectivity index is 1.86. The highest BCUT2D eigenvalue weighted by atomic mass is 19.3. The lowest BCUT2D eigenvalue weighted by molar-refractivity contribution is -0.116. The Bertz CT molecular complexity index is 878. The van der Waals surface area contributed by atoms with Gasteiger partial charge < -0.3 is 9.80 Å². The highest BCUT2D eigenvalue weighted by Gasteiger charge is 2.24. The second-order valence-electron chi connectivity index (χ2n) is 6.32. The molecule has 1 aliphatic heterocycles. The van der Waals surface area contributed by atoms with E-state index in [2.05, 4.69) is 11.7 Å². The van der Waals surface area contributed by atoms with Crippen LogP contribution in [0.25, 0.3) is 0 Å². The molecule has 0 unspecified atom stereocenters. The Hall–Kier alpha value is -3.03. The van der Waals surface area contributed by atoms with E-state index in [9.17, 15) is 18.4 Å². The third kappa shape index (κ3) is 4.05. The topological polar surface area (TPSA) is 58.4 Å². The molecule has 0 fully saturated rings. The number of carbonyl (C=O) groups is 2. The van der Waals surface area contributed by atoms with Crippen LogP contribution >= 0.6 is 0 Å². The molecular formula is C19H20F2N4O2. The van der Waals surface area contributed by atoms with Crippen LogP contribution in [0.4, 0.5) is 20.2 Å². The van der Waals surface area contributed by atoms with Crippen LogP contribution in [0.1, 0.15) is 18.1 Å². The van der Waals surface area contributed by atoms with Crippen LogP contribution in [0.3, 0.4) is 0 Å². The molecule has 2 aromatic rings. The van der Waals surface area contributed by atoms with Gasteiger partial charge in [-0.25, -0.2) is 8.78 Å². The molecule has 8 heteroatoms. The molecule has 0 atom stereocenters. The summed E-state index contributed by atoms with van der Waals surface area (Å²) in [7, 11) is 0. The normalized spacial score (nSPS) is 13.0. The van der Waals surface area contributed by atoms with Crippen LogP contribution in [0, 0.1) is 0 Å². The molecule has 2 amide bonds. The number of hydrogen-bond donors (Lipinski definition) is 0.